The van der Waals surface area contributed by atoms with Crippen LogP contribution in [0.1, 0.15) is 69.1 Å². The van der Waals surface area contributed by atoms with Crippen LogP contribution in [0.3, 0.4) is 0 Å². The first-order valence-electron chi connectivity index (χ1n) is 10.8. The number of carbonyl (C=O) groups is 1. The van der Waals surface area contributed by atoms with Gasteiger partial charge in [-0.25, -0.2) is 9.97 Å². The van der Waals surface area contributed by atoms with Gasteiger partial charge in [-0.2, -0.15) is 0 Å². The van der Waals surface area contributed by atoms with Gasteiger partial charge in [-0.3, -0.25) is 4.79 Å². The quantitative estimate of drug-likeness (QED) is 0.764. The predicted molar refractivity (Wildman–Crippen MR) is 116 cm³/mol. The highest BCUT2D eigenvalue weighted by Crippen LogP contribution is 2.41. The molecule has 6 heteroatoms. The van der Waals surface area contributed by atoms with E-state index in [1.165, 1.54) is 28.7 Å². The molecule has 1 aliphatic heterocycles. The van der Waals surface area contributed by atoms with Crippen molar-refractivity contribution >= 4 is 33.3 Å². The number of nitrogens with zero attached hydrogens (tertiary/aromatic N) is 4. The Morgan fingerprint density at radius 2 is 1.96 bits per heavy atom. The molecule has 5 nitrogen and oxygen atoms in total. The number of aromatic nitrogens is 2. The zero-order chi connectivity index (χ0) is 19.8. The Hall–Kier alpha value is -1.69. The highest BCUT2D eigenvalue weighted by molar-refractivity contribution is 7.19. The minimum atomic E-state index is 0.291. The molecule has 1 atom stereocenters. The lowest BCUT2D eigenvalue weighted by Crippen LogP contribution is -2.49. The van der Waals surface area contributed by atoms with E-state index in [2.05, 4.69) is 32.6 Å². The third-order valence-electron chi connectivity index (χ3n) is 6.07. The number of rotatable bonds is 4. The van der Waals surface area contributed by atoms with E-state index in [1.807, 2.05) is 16.2 Å². The number of anilines is 1. The first kappa shape index (κ1) is 19.6. The normalized spacial score (nSPS) is 20.1. The van der Waals surface area contributed by atoms with Crippen molar-refractivity contribution in [3.63, 3.8) is 0 Å². The smallest absolute Gasteiger partial charge is 0.222 e. The first-order valence-corrected chi connectivity index (χ1v) is 11.6. The van der Waals surface area contributed by atoms with Crippen molar-refractivity contribution in [1.29, 1.82) is 0 Å². The number of piperazine rings is 1. The molecule has 0 saturated carbocycles. The molecule has 0 unspecified atom stereocenters. The van der Waals surface area contributed by atoms with E-state index >= 15 is 0 Å². The summed E-state index contributed by atoms with van der Waals surface area (Å²) < 4.78 is 0. The molecule has 28 heavy (non-hydrogen) atoms. The van der Waals surface area contributed by atoms with Crippen LogP contribution in [-0.4, -0.2) is 47.0 Å². The second-order valence-electron chi connectivity index (χ2n) is 8.71. The number of carbonyl (C=O) groups excluding carboxylic acids is 1. The Bertz CT molecular complexity index is 867. The lowest BCUT2D eigenvalue weighted by molar-refractivity contribution is -0.131. The van der Waals surface area contributed by atoms with Crippen LogP contribution in [-0.2, 0) is 17.6 Å². The summed E-state index contributed by atoms with van der Waals surface area (Å²) in [5.74, 6) is 3.42. The van der Waals surface area contributed by atoms with Crippen LogP contribution in [0, 0.1) is 5.92 Å². The number of thiophene rings is 1. The maximum Gasteiger partial charge on any atom is 0.222 e. The summed E-state index contributed by atoms with van der Waals surface area (Å²) in [6.07, 6.45) is 5.15. The Morgan fingerprint density at radius 1 is 1.21 bits per heavy atom. The summed E-state index contributed by atoms with van der Waals surface area (Å²) >= 11 is 1.88. The molecule has 4 rings (SSSR count). The SMILES string of the molecule is CCCC(=O)N1CCN(c2nc(C(C)C)nc3sc4c(c23)CC[C@@H](C)C4)CC1. The summed E-state index contributed by atoms with van der Waals surface area (Å²) in [4.78, 5) is 29.4. The predicted octanol–water partition coefficient (Wildman–Crippen LogP) is 4.39. The average Bonchev–Trinajstić information content (AvgIpc) is 3.04. The van der Waals surface area contributed by atoms with Gasteiger partial charge < -0.3 is 9.80 Å². The number of amides is 1. The van der Waals surface area contributed by atoms with E-state index in [-0.39, 0.29) is 0 Å². The fourth-order valence-electron chi connectivity index (χ4n) is 4.37. The summed E-state index contributed by atoms with van der Waals surface area (Å²) in [6.45, 7) is 12.1. The van der Waals surface area contributed by atoms with Gasteiger partial charge in [0.05, 0.1) is 5.39 Å². The van der Waals surface area contributed by atoms with Gasteiger partial charge >= 0.3 is 0 Å². The third kappa shape index (κ3) is 3.63. The van der Waals surface area contributed by atoms with Crippen LogP contribution in [0.4, 0.5) is 5.82 Å². The van der Waals surface area contributed by atoms with Crippen molar-refractivity contribution in [2.75, 3.05) is 31.1 Å². The van der Waals surface area contributed by atoms with Crippen LogP contribution in [0.15, 0.2) is 0 Å². The summed E-state index contributed by atoms with van der Waals surface area (Å²) in [5.41, 5.74) is 1.49. The molecule has 152 valence electrons. The Kier molecular flexibility index (Phi) is 5.59. The molecule has 1 fully saturated rings. The largest absolute Gasteiger partial charge is 0.352 e. The van der Waals surface area contributed by atoms with Crippen molar-refractivity contribution in [3.05, 3.63) is 16.3 Å². The molecule has 0 radical (unpaired) electrons. The lowest BCUT2D eigenvalue weighted by Gasteiger charge is -2.36. The highest BCUT2D eigenvalue weighted by Gasteiger charge is 2.28. The average molecular weight is 401 g/mol. The fourth-order valence-corrected chi connectivity index (χ4v) is 5.75. The van der Waals surface area contributed by atoms with Gasteiger partial charge in [-0.05, 0) is 37.2 Å². The second kappa shape index (κ2) is 7.97. The number of fused-ring (bicyclic) bond motifs is 3. The van der Waals surface area contributed by atoms with Crippen molar-refractivity contribution in [1.82, 2.24) is 14.9 Å². The first-order chi connectivity index (χ1) is 13.5. The van der Waals surface area contributed by atoms with Gasteiger partial charge in [-0.15, -0.1) is 11.3 Å². The van der Waals surface area contributed by atoms with Crippen LogP contribution >= 0.6 is 11.3 Å². The third-order valence-corrected chi connectivity index (χ3v) is 7.21. The van der Waals surface area contributed by atoms with E-state index < -0.39 is 0 Å². The van der Waals surface area contributed by atoms with E-state index in [0.717, 1.165) is 61.4 Å². The summed E-state index contributed by atoms with van der Waals surface area (Å²) in [5, 5.41) is 1.30. The highest BCUT2D eigenvalue weighted by atomic mass is 32.1. The van der Waals surface area contributed by atoms with Gasteiger partial charge in [0.1, 0.15) is 16.5 Å². The van der Waals surface area contributed by atoms with Gasteiger partial charge in [-0.1, -0.05) is 27.7 Å². The minimum Gasteiger partial charge on any atom is -0.352 e. The van der Waals surface area contributed by atoms with Crippen LogP contribution in [0.2, 0.25) is 0 Å². The second-order valence-corrected chi connectivity index (χ2v) is 9.79. The van der Waals surface area contributed by atoms with Crippen LogP contribution < -0.4 is 4.90 Å². The molecule has 2 aromatic heterocycles. The van der Waals surface area contributed by atoms with Gasteiger partial charge in [0.15, 0.2) is 0 Å². The molecule has 2 aromatic rings. The minimum absolute atomic E-state index is 0.291. The Labute approximate surface area is 172 Å². The Balaban J connectivity index is 1.69. The molecule has 1 saturated heterocycles. The maximum atomic E-state index is 12.3. The molecular formula is C22H32N4OS. The van der Waals surface area contributed by atoms with Crippen molar-refractivity contribution in [3.8, 4) is 0 Å². The van der Waals surface area contributed by atoms with E-state index in [4.69, 9.17) is 9.97 Å². The summed E-state index contributed by atoms with van der Waals surface area (Å²) in [7, 11) is 0. The zero-order valence-electron chi connectivity index (χ0n) is 17.6. The maximum absolute atomic E-state index is 12.3. The van der Waals surface area contributed by atoms with E-state index in [1.54, 1.807) is 0 Å². The Morgan fingerprint density at radius 3 is 2.64 bits per heavy atom. The number of aryl methyl sites for hydroxylation is 1. The van der Waals surface area contributed by atoms with Gasteiger partial charge in [0, 0.05) is 43.4 Å². The van der Waals surface area contributed by atoms with Gasteiger partial charge in [0.2, 0.25) is 5.91 Å². The number of hydrogen-bond acceptors (Lipinski definition) is 5. The number of hydrogen-bond donors (Lipinski definition) is 0. The molecule has 1 amide bonds. The van der Waals surface area contributed by atoms with Crippen LogP contribution in [0.25, 0.3) is 10.2 Å². The molecule has 0 spiro atoms. The molecule has 1 aliphatic carbocycles. The van der Waals surface area contributed by atoms with Crippen molar-refractivity contribution < 1.29 is 4.79 Å². The molecule has 3 heterocycles. The molecule has 0 bridgehead atoms. The zero-order valence-corrected chi connectivity index (χ0v) is 18.4. The molecular weight excluding hydrogens is 368 g/mol. The molecule has 2 aliphatic rings. The standard InChI is InChI=1S/C22H32N4OS/c1-5-6-18(27)25-9-11-26(12-10-25)21-19-16-8-7-15(4)13-17(16)28-22(19)24-20(23-21)14(2)3/h14-15H,5-13H2,1-4H3/t15-/m1/s1. The fraction of sp³-hybridized carbons (Fsp3) is 0.682. The molecule has 0 N–H and O–H groups in total. The van der Waals surface area contributed by atoms with E-state index in [0.29, 0.717) is 18.2 Å². The van der Waals surface area contributed by atoms with E-state index in [9.17, 15) is 4.79 Å². The monoisotopic (exact) mass is 400 g/mol. The summed E-state index contributed by atoms with van der Waals surface area (Å²) in [6, 6.07) is 0. The van der Waals surface area contributed by atoms with Crippen LogP contribution in [0.5, 0.6) is 0 Å². The van der Waals surface area contributed by atoms with Crippen molar-refractivity contribution in [2.24, 2.45) is 5.92 Å². The topological polar surface area (TPSA) is 49.3 Å². The lowest BCUT2D eigenvalue weighted by atomic mass is 9.89. The van der Waals surface area contributed by atoms with Gasteiger partial charge in [0.25, 0.3) is 0 Å². The molecule has 0 aromatic carbocycles. The van der Waals surface area contributed by atoms with Crippen molar-refractivity contribution in [2.45, 2.75) is 65.7 Å².